The van der Waals surface area contributed by atoms with Crippen LogP contribution in [0.15, 0.2) is 0 Å². The Kier molecular flexibility index (Phi) is 2.62. The van der Waals surface area contributed by atoms with E-state index in [0.29, 0.717) is 5.66 Å². The molecule has 0 amide bonds. The maximum Gasteiger partial charge on any atom is 0.341 e. The van der Waals surface area contributed by atoms with Gasteiger partial charge in [0.15, 0.2) is 5.66 Å². The van der Waals surface area contributed by atoms with Gasteiger partial charge in [-0.05, 0) is 12.8 Å². The summed E-state index contributed by atoms with van der Waals surface area (Å²) in [6.45, 7) is 0.200. The summed E-state index contributed by atoms with van der Waals surface area (Å²) in [5.41, 5.74) is 0.338. The molecule has 1 saturated heterocycles. The van der Waals surface area contributed by atoms with Gasteiger partial charge in [-0.2, -0.15) is 0 Å². The zero-order valence-corrected chi connectivity index (χ0v) is 6.31. The van der Waals surface area contributed by atoms with E-state index < -0.39 is 7.80 Å². The first-order valence-corrected chi connectivity index (χ1v) is 4.90. The molecule has 0 bridgehead atoms. The molecule has 0 aromatic rings. The SMILES string of the molecule is O=[P+]1CCC[C@@H]1CCO. The Morgan fingerprint density at radius 2 is 2.44 bits per heavy atom. The molecule has 1 unspecified atom stereocenters. The van der Waals surface area contributed by atoms with E-state index in [1.54, 1.807) is 0 Å². The highest BCUT2D eigenvalue weighted by molar-refractivity contribution is 7.45. The van der Waals surface area contributed by atoms with Crippen molar-refractivity contribution in [2.45, 2.75) is 24.9 Å². The molecule has 0 spiro atoms. The molecule has 3 heteroatoms. The normalized spacial score (nSPS) is 31.2. The van der Waals surface area contributed by atoms with Crippen LogP contribution in [0.3, 0.4) is 0 Å². The van der Waals surface area contributed by atoms with E-state index in [1.165, 1.54) is 0 Å². The summed E-state index contributed by atoms with van der Waals surface area (Å²) in [6.07, 6.45) is 3.80. The predicted molar refractivity (Wildman–Crippen MR) is 37.2 cm³/mol. The van der Waals surface area contributed by atoms with Crippen LogP contribution in [0.1, 0.15) is 19.3 Å². The first kappa shape index (κ1) is 7.17. The quantitative estimate of drug-likeness (QED) is 0.599. The lowest BCUT2D eigenvalue weighted by Crippen LogP contribution is -1.98. The fraction of sp³-hybridized carbons (Fsp3) is 1.00. The molecule has 1 N–H and O–H groups in total. The number of aliphatic hydroxyl groups is 1. The lowest BCUT2D eigenvalue weighted by molar-refractivity contribution is 0.285. The number of hydrogen-bond donors (Lipinski definition) is 1. The van der Waals surface area contributed by atoms with Gasteiger partial charge in [0.1, 0.15) is 6.16 Å². The van der Waals surface area contributed by atoms with Crippen molar-refractivity contribution in [2.24, 2.45) is 0 Å². The van der Waals surface area contributed by atoms with Crippen molar-refractivity contribution in [3.8, 4) is 0 Å². The minimum Gasteiger partial charge on any atom is -0.396 e. The second-order valence-corrected chi connectivity index (χ2v) is 4.46. The van der Waals surface area contributed by atoms with Gasteiger partial charge in [-0.3, -0.25) is 0 Å². The molecule has 52 valence electrons. The van der Waals surface area contributed by atoms with Crippen molar-refractivity contribution in [3.05, 3.63) is 0 Å². The molecule has 0 aliphatic carbocycles. The maximum atomic E-state index is 11.0. The summed E-state index contributed by atoms with van der Waals surface area (Å²) >= 11 is 0. The first-order valence-electron chi connectivity index (χ1n) is 3.39. The van der Waals surface area contributed by atoms with E-state index >= 15 is 0 Å². The fourth-order valence-electron chi connectivity index (χ4n) is 1.25. The van der Waals surface area contributed by atoms with Crippen LogP contribution in [-0.4, -0.2) is 23.5 Å². The van der Waals surface area contributed by atoms with Crippen molar-refractivity contribution in [3.63, 3.8) is 0 Å². The maximum absolute atomic E-state index is 11.0. The van der Waals surface area contributed by atoms with Gasteiger partial charge in [-0.15, -0.1) is 0 Å². The average Bonchev–Trinajstić information content (AvgIpc) is 2.18. The molecular formula is C6H12O2P+. The minimum absolute atomic E-state index is 0.200. The van der Waals surface area contributed by atoms with E-state index in [0.717, 1.165) is 25.4 Å². The molecule has 1 rings (SSSR count). The number of aliphatic hydroxyl groups excluding tert-OH is 1. The van der Waals surface area contributed by atoms with Crippen molar-refractivity contribution < 1.29 is 9.67 Å². The summed E-state index contributed by atoms with van der Waals surface area (Å²) in [5, 5.41) is 8.52. The van der Waals surface area contributed by atoms with E-state index in [1.807, 2.05) is 0 Å². The molecule has 0 aromatic heterocycles. The lowest BCUT2D eigenvalue weighted by Gasteiger charge is -1.92. The van der Waals surface area contributed by atoms with Gasteiger partial charge in [0.25, 0.3) is 0 Å². The first-order chi connectivity index (χ1) is 4.34. The molecule has 0 radical (unpaired) electrons. The number of hydrogen-bond acceptors (Lipinski definition) is 2. The van der Waals surface area contributed by atoms with E-state index in [4.69, 9.17) is 5.11 Å². The standard InChI is InChI=1S/C6H12O2P/c7-4-3-6-2-1-5-9(6)8/h6-7H,1-5H2/q+1/t6-/m1/s1. The summed E-state index contributed by atoms with van der Waals surface area (Å²) in [6, 6.07) is 0. The third-order valence-corrected chi connectivity index (χ3v) is 3.87. The van der Waals surface area contributed by atoms with E-state index in [2.05, 4.69) is 0 Å². The van der Waals surface area contributed by atoms with Crippen molar-refractivity contribution in [1.29, 1.82) is 0 Å². The molecule has 1 aliphatic heterocycles. The Hall–Kier alpha value is 0.0600. The zero-order valence-electron chi connectivity index (χ0n) is 5.42. The van der Waals surface area contributed by atoms with Gasteiger partial charge in [0, 0.05) is 13.0 Å². The van der Waals surface area contributed by atoms with Gasteiger partial charge in [0.2, 0.25) is 0 Å². The van der Waals surface area contributed by atoms with Crippen molar-refractivity contribution in [1.82, 2.24) is 0 Å². The van der Waals surface area contributed by atoms with Gasteiger partial charge in [0.05, 0.1) is 0 Å². The Morgan fingerprint density at radius 3 is 2.89 bits per heavy atom. The Labute approximate surface area is 56.1 Å². The van der Waals surface area contributed by atoms with Crippen LogP contribution in [0, 0.1) is 0 Å². The molecule has 1 fully saturated rings. The van der Waals surface area contributed by atoms with Gasteiger partial charge in [-0.1, -0.05) is 4.57 Å². The fourth-order valence-corrected chi connectivity index (χ4v) is 2.98. The third-order valence-electron chi connectivity index (χ3n) is 1.79. The predicted octanol–water partition coefficient (Wildman–Crippen LogP) is 1.36. The number of rotatable bonds is 2. The Balaban J connectivity index is 2.31. The van der Waals surface area contributed by atoms with Gasteiger partial charge < -0.3 is 5.11 Å². The van der Waals surface area contributed by atoms with Crippen molar-refractivity contribution >= 4 is 7.80 Å². The molecule has 2 atom stereocenters. The van der Waals surface area contributed by atoms with Gasteiger partial charge in [-0.25, -0.2) is 0 Å². The average molecular weight is 147 g/mol. The highest BCUT2D eigenvalue weighted by Gasteiger charge is 2.34. The molecular weight excluding hydrogens is 135 g/mol. The molecule has 9 heavy (non-hydrogen) atoms. The van der Waals surface area contributed by atoms with E-state index in [9.17, 15) is 4.57 Å². The topological polar surface area (TPSA) is 37.3 Å². The summed E-state index contributed by atoms with van der Waals surface area (Å²) < 4.78 is 11.0. The van der Waals surface area contributed by atoms with Crippen LogP contribution in [0.2, 0.25) is 0 Å². The van der Waals surface area contributed by atoms with E-state index in [-0.39, 0.29) is 6.61 Å². The van der Waals surface area contributed by atoms with Gasteiger partial charge >= 0.3 is 7.80 Å². The third kappa shape index (κ3) is 1.74. The molecule has 0 aromatic carbocycles. The van der Waals surface area contributed by atoms with Crippen LogP contribution in [0.25, 0.3) is 0 Å². The monoisotopic (exact) mass is 147 g/mol. The largest absolute Gasteiger partial charge is 0.396 e. The molecule has 0 saturated carbocycles. The smallest absolute Gasteiger partial charge is 0.341 e. The van der Waals surface area contributed by atoms with Crippen LogP contribution < -0.4 is 0 Å². The Bertz CT molecular complexity index is 114. The lowest BCUT2D eigenvalue weighted by atomic mass is 10.2. The summed E-state index contributed by atoms with van der Waals surface area (Å²) in [4.78, 5) is 0. The second kappa shape index (κ2) is 3.28. The molecule has 2 nitrogen and oxygen atoms in total. The van der Waals surface area contributed by atoms with Crippen LogP contribution >= 0.6 is 7.80 Å². The summed E-state index contributed by atoms with van der Waals surface area (Å²) in [5.74, 6) is 0. The van der Waals surface area contributed by atoms with Crippen LogP contribution in [0.4, 0.5) is 0 Å². The summed E-state index contributed by atoms with van der Waals surface area (Å²) in [7, 11) is -0.944. The van der Waals surface area contributed by atoms with Crippen molar-refractivity contribution in [2.75, 3.05) is 12.8 Å². The molecule has 1 heterocycles. The van der Waals surface area contributed by atoms with Crippen LogP contribution in [0.5, 0.6) is 0 Å². The second-order valence-electron chi connectivity index (χ2n) is 2.45. The zero-order chi connectivity index (χ0) is 6.69. The molecule has 1 aliphatic rings. The highest BCUT2D eigenvalue weighted by atomic mass is 31.1. The highest BCUT2D eigenvalue weighted by Crippen LogP contribution is 2.40. The Morgan fingerprint density at radius 1 is 1.67 bits per heavy atom. The minimum atomic E-state index is -0.944. The van der Waals surface area contributed by atoms with Crippen LogP contribution in [-0.2, 0) is 4.57 Å².